The van der Waals surface area contributed by atoms with Gasteiger partial charge in [0.15, 0.2) is 5.78 Å². The Bertz CT molecular complexity index is 1250. The number of ketones is 1. The van der Waals surface area contributed by atoms with Gasteiger partial charge in [-0.1, -0.05) is 18.2 Å². The summed E-state index contributed by atoms with van der Waals surface area (Å²) in [6.45, 7) is -0.204. The molecule has 3 aromatic carbocycles. The number of hydrogen-bond donors (Lipinski definition) is 0. The summed E-state index contributed by atoms with van der Waals surface area (Å²) in [6.07, 6.45) is 0. The van der Waals surface area contributed by atoms with Crippen molar-refractivity contribution in [2.45, 2.75) is 6.54 Å². The molecule has 0 aliphatic rings. The lowest BCUT2D eigenvalue weighted by molar-refractivity contribution is 0.0966. The Balaban J connectivity index is 1.79. The van der Waals surface area contributed by atoms with Crippen molar-refractivity contribution in [2.75, 3.05) is 7.11 Å². The third kappa shape index (κ3) is 3.65. The first-order chi connectivity index (χ1) is 14.1. The molecule has 0 unspecified atom stereocenters. The molecule has 0 fully saturated rings. The van der Waals surface area contributed by atoms with Crippen molar-refractivity contribution >= 4 is 16.6 Å². The summed E-state index contributed by atoms with van der Waals surface area (Å²) in [6, 6.07) is 19.6. The smallest absolute Gasteiger partial charge is 0.275 e. The number of carbonyl (C=O) groups is 1. The molecule has 0 radical (unpaired) electrons. The summed E-state index contributed by atoms with van der Waals surface area (Å²) in [5, 5.41) is 5.53. The maximum atomic E-state index is 13.3. The van der Waals surface area contributed by atoms with Gasteiger partial charge in [0.05, 0.1) is 18.2 Å². The van der Waals surface area contributed by atoms with E-state index >= 15 is 0 Å². The summed E-state index contributed by atoms with van der Waals surface area (Å²) in [7, 11) is 1.55. The molecule has 1 aromatic heterocycles. The second-order valence-corrected chi connectivity index (χ2v) is 6.52. The molecular formula is C23H17FN2O3. The Labute approximate surface area is 166 Å². The maximum Gasteiger partial charge on any atom is 0.275 e. The van der Waals surface area contributed by atoms with Crippen LogP contribution in [0.25, 0.3) is 22.0 Å². The van der Waals surface area contributed by atoms with Gasteiger partial charge in [0, 0.05) is 16.5 Å². The van der Waals surface area contributed by atoms with Gasteiger partial charge in [0.2, 0.25) is 0 Å². The minimum atomic E-state index is -0.360. The molecule has 29 heavy (non-hydrogen) atoms. The Morgan fingerprint density at radius 1 is 0.966 bits per heavy atom. The predicted molar refractivity (Wildman–Crippen MR) is 109 cm³/mol. The molecule has 1 heterocycles. The average Bonchev–Trinajstić information content (AvgIpc) is 2.76. The van der Waals surface area contributed by atoms with Gasteiger partial charge in [-0.3, -0.25) is 9.59 Å². The van der Waals surface area contributed by atoms with E-state index in [-0.39, 0.29) is 23.7 Å². The molecule has 4 aromatic rings. The molecule has 144 valence electrons. The van der Waals surface area contributed by atoms with Crippen LogP contribution in [-0.4, -0.2) is 22.7 Å². The standard InChI is InChI=1S/C23H17FN2O3/c1-29-18-12-8-15(9-13-18)21(27)14-26-23(28)20-5-3-2-4-19(20)22(25-26)16-6-10-17(24)11-7-16/h2-13H,14H2,1H3. The normalized spacial score (nSPS) is 10.8. The first-order valence-corrected chi connectivity index (χ1v) is 9.00. The number of Topliss-reactive ketones (excluding diaryl/α,β-unsaturated/α-hetero) is 1. The number of rotatable bonds is 5. The van der Waals surface area contributed by atoms with Crippen LogP contribution in [0.4, 0.5) is 4.39 Å². The topological polar surface area (TPSA) is 61.2 Å². The lowest BCUT2D eigenvalue weighted by Crippen LogP contribution is -2.27. The van der Waals surface area contributed by atoms with E-state index < -0.39 is 0 Å². The lowest BCUT2D eigenvalue weighted by atomic mass is 10.0. The van der Waals surface area contributed by atoms with Gasteiger partial charge in [-0.05, 0) is 54.6 Å². The fraction of sp³-hybridized carbons (Fsp3) is 0.0870. The number of benzene rings is 3. The van der Waals surface area contributed by atoms with Crippen LogP contribution < -0.4 is 10.3 Å². The van der Waals surface area contributed by atoms with Crippen LogP contribution in [0.2, 0.25) is 0 Å². The Morgan fingerprint density at radius 2 is 1.62 bits per heavy atom. The Hall–Kier alpha value is -3.80. The second kappa shape index (κ2) is 7.67. The number of methoxy groups -OCH3 is 1. The number of halogens is 1. The van der Waals surface area contributed by atoms with Crippen molar-refractivity contribution in [3.05, 3.63) is 94.5 Å². The van der Waals surface area contributed by atoms with Gasteiger partial charge < -0.3 is 4.74 Å². The molecule has 0 aliphatic carbocycles. The highest BCUT2D eigenvalue weighted by molar-refractivity contribution is 5.97. The summed E-state index contributed by atoms with van der Waals surface area (Å²) in [5.74, 6) is 0.0322. The van der Waals surface area contributed by atoms with Gasteiger partial charge in [-0.15, -0.1) is 0 Å². The lowest BCUT2D eigenvalue weighted by Gasteiger charge is -2.11. The third-order valence-corrected chi connectivity index (χ3v) is 4.69. The zero-order valence-corrected chi connectivity index (χ0v) is 15.6. The van der Waals surface area contributed by atoms with Gasteiger partial charge >= 0.3 is 0 Å². The highest BCUT2D eigenvalue weighted by atomic mass is 19.1. The molecule has 0 atom stereocenters. The summed E-state index contributed by atoms with van der Waals surface area (Å²) < 4.78 is 19.6. The highest BCUT2D eigenvalue weighted by Gasteiger charge is 2.15. The van der Waals surface area contributed by atoms with Crippen LogP contribution in [0, 0.1) is 5.82 Å². The van der Waals surface area contributed by atoms with E-state index in [1.807, 2.05) is 6.07 Å². The number of nitrogens with zero attached hydrogens (tertiary/aromatic N) is 2. The van der Waals surface area contributed by atoms with E-state index in [2.05, 4.69) is 5.10 Å². The number of aromatic nitrogens is 2. The zero-order chi connectivity index (χ0) is 20.4. The quantitative estimate of drug-likeness (QED) is 0.483. The van der Waals surface area contributed by atoms with Crippen LogP contribution in [0.5, 0.6) is 5.75 Å². The van der Waals surface area contributed by atoms with Crippen LogP contribution in [0.3, 0.4) is 0 Å². The van der Waals surface area contributed by atoms with E-state index in [1.165, 1.54) is 12.1 Å². The number of fused-ring (bicyclic) bond motifs is 1. The predicted octanol–water partition coefficient (Wildman–Crippen LogP) is 4.09. The van der Waals surface area contributed by atoms with Crippen LogP contribution in [0.15, 0.2) is 77.6 Å². The molecule has 0 spiro atoms. The molecule has 0 aliphatic heterocycles. The largest absolute Gasteiger partial charge is 0.497 e. The summed E-state index contributed by atoms with van der Waals surface area (Å²) in [4.78, 5) is 25.6. The number of hydrogen-bond acceptors (Lipinski definition) is 4. The van der Waals surface area contributed by atoms with Crippen LogP contribution in [0.1, 0.15) is 10.4 Å². The molecule has 0 N–H and O–H groups in total. The minimum absolute atomic E-state index is 0.204. The van der Waals surface area contributed by atoms with Crippen LogP contribution >= 0.6 is 0 Å². The third-order valence-electron chi connectivity index (χ3n) is 4.69. The molecule has 5 nitrogen and oxygen atoms in total. The van der Waals surface area contributed by atoms with E-state index in [4.69, 9.17) is 4.74 Å². The molecule has 0 saturated carbocycles. The number of ether oxygens (including phenoxy) is 1. The fourth-order valence-corrected chi connectivity index (χ4v) is 3.17. The van der Waals surface area contributed by atoms with Crippen molar-refractivity contribution in [3.63, 3.8) is 0 Å². The zero-order valence-electron chi connectivity index (χ0n) is 15.6. The van der Waals surface area contributed by atoms with E-state index in [1.54, 1.807) is 61.7 Å². The first-order valence-electron chi connectivity index (χ1n) is 9.00. The molecule has 6 heteroatoms. The Morgan fingerprint density at radius 3 is 2.28 bits per heavy atom. The van der Waals surface area contributed by atoms with Gasteiger partial charge in [-0.2, -0.15) is 5.10 Å². The van der Waals surface area contributed by atoms with E-state index in [9.17, 15) is 14.0 Å². The van der Waals surface area contributed by atoms with Crippen molar-refractivity contribution in [1.29, 1.82) is 0 Å². The highest BCUT2D eigenvalue weighted by Crippen LogP contribution is 2.25. The van der Waals surface area contributed by atoms with Crippen molar-refractivity contribution < 1.29 is 13.9 Å². The van der Waals surface area contributed by atoms with Gasteiger partial charge in [-0.25, -0.2) is 9.07 Å². The fourth-order valence-electron chi connectivity index (χ4n) is 3.17. The molecule has 0 bridgehead atoms. The van der Waals surface area contributed by atoms with Crippen molar-refractivity contribution in [3.8, 4) is 17.0 Å². The molecular weight excluding hydrogens is 371 g/mol. The van der Waals surface area contributed by atoms with Gasteiger partial charge in [0.25, 0.3) is 5.56 Å². The molecule has 0 amide bonds. The van der Waals surface area contributed by atoms with Crippen molar-refractivity contribution in [1.82, 2.24) is 9.78 Å². The van der Waals surface area contributed by atoms with Crippen LogP contribution in [-0.2, 0) is 6.54 Å². The van der Waals surface area contributed by atoms with Crippen molar-refractivity contribution in [2.24, 2.45) is 0 Å². The maximum absolute atomic E-state index is 13.3. The summed E-state index contributed by atoms with van der Waals surface area (Å²) >= 11 is 0. The SMILES string of the molecule is COc1ccc(C(=O)Cn2nc(-c3ccc(F)cc3)c3ccccc3c2=O)cc1. The van der Waals surface area contributed by atoms with E-state index in [0.717, 1.165) is 4.68 Å². The van der Waals surface area contributed by atoms with E-state index in [0.29, 0.717) is 33.3 Å². The summed E-state index contributed by atoms with van der Waals surface area (Å²) in [5.41, 5.74) is 1.28. The minimum Gasteiger partial charge on any atom is -0.497 e. The first kappa shape index (κ1) is 18.6. The monoisotopic (exact) mass is 388 g/mol. The second-order valence-electron chi connectivity index (χ2n) is 6.52. The molecule has 0 saturated heterocycles. The molecule has 4 rings (SSSR count). The number of carbonyl (C=O) groups excluding carboxylic acids is 1. The average molecular weight is 388 g/mol. The Kier molecular flexibility index (Phi) is 4.91. The van der Waals surface area contributed by atoms with Gasteiger partial charge in [0.1, 0.15) is 18.1 Å².